The average molecular weight is 732 g/mol. The zero-order valence-electron chi connectivity index (χ0n) is 26.2. The van der Waals surface area contributed by atoms with Crippen molar-refractivity contribution in [3.8, 4) is 5.75 Å². The summed E-state index contributed by atoms with van der Waals surface area (Å²) >= 11 is 12.5. The zero-order valence-corrected chi connectivity index (χ0v) is 28.5. The number of nitrogens with zero attached hydrogens (tertiary/aromatic N) is 3. The van der Waals surface area contributed by atoms with Gasteiger partial charge in [-0.25, -0.2) is 0 Å². The van der Waals surface area contributed by atoms with Crippen LogP contribution in [0.4, 0.5) is 13.2 Å². The smallest absolute Gasteiger partial charge is 0.416 e. The number of amides is 2. The Hall–Kier alpha value is -4.09. The van der Waals surface area contributed by atoms with Crippen LogP contribution in [0, 0.1) is 0 Å². The Labute approximate surface area is 298 Å². The number of hydrogen-bond donors (Lipinski definition) is 1. The fourth-order valence-corrected chi connectivity index (χ4v) is 6.26. The molecule has 2 aliphatic rings. The lowest BCUT2D eigenvalue weighted by molar-refractivity contribution is -0.137. The predicted octanol–water partition coefficient (Wildman–Crippen LogP) is 8.15. The molecule has 2 amide bonds. The van der Waals surface area contributed by atoms with Gasteiger partial charge in [0, 0.05) is 35.2 Å². The summed E-state index contributed by atoms with van der Waals surface area (Å²) in [6.07, 6.45) is -4.65. The summed E-state index contributed by atoms with van der Waals surface area (Å²) in [5.41, 5.74) is 1.74. The van der Waals surface area contributed by atoms with Gasteiger partial charge >= 0.3 is 6.18 Å². The van der Waals surface area contributed by atoms with Gasteiger partial charge in [-0.05, 0) is 78.2 Å². The number of aliphatic imine (C=N–C) groups is 1. The lowest BCUT2D eigenvalue weighted by Gasteiger charge is -2.30. The first-order valence-electron chi connectivity index (χ1n) is 15.4. The number of halogens is 6. The highest BCUT2D eigenvalue weighted by atomic mass is 35.5. The summed E-state index contributed by atoms with van der Waals surface area (Å²) in [5.74, 6) is -0.306. The van der Waals surface area contributed by atoms with Gasteiger partial charge in [-0.3, -0.25) is 24.4 Å². The Bertz CT molecular complexity index is 1840. The summed E-state index contributed by atoms with van der Waals surface area (Å²) in [5, 5.41) is 3.79. The maximum absolute atomic E-state index is 14.7. The normalized spacial score (nSPS) is 18.0. The van der Waals surface area contributed by atoms with Crippen LogP contribution in [0.25, 0.3) is 0 Å². The molecule has 2 unspecified atom stereocenters. The van der Waals surface area contributed by atoms with E-state index in [0.717, 1.165) is 17.7 Å². The number of hydrogen-bond acceptors (Lipinski definition) is 5. The fourth-order valence-electron chi connectivity index (χ4n) is 6.01. The van der Waals surface area contributed by atoms with E-state index in [0.29, 0.717) is 46.4 Å². The van der Waals surface area contributed by atoms with Crippen LogP contribution in [0.3, 0.4) is 0 Å². The summed E-state index contributed by atoms with van der Waals surface area (Å²) < 4.78 is 48.0. The molecule has 256 valence electrons. The number of carbonyl (C=O) groups is 2. The Morgan fingerprint density at radius 1 is 0.939 bits per heavy atom. The van der Waals surface area contributed by atoms with E-state index in [-0.39, 0.29) is 48.6 Å². The van der Waals surface area contributed by atoms with Gasteiger partial charge in [0.15, 0.2) is 0 Å². The second kappa shape index (κ2) is 15.2. The third-order valence-corrected chi connectivity index (χ3v) is 8.78. The maximum Gasteiger partial charge on any atom is 0.416 e. The molecular formula is C36H32Cl3F3N4O3. The van der Waals surface area contributed by atoms with Gasteiger partial charge in [-0.1, -0.05) is 59.6 Å². The van der Waals surface area contributed by atoms with Crippen molar-refractivity contribution in [2.75, 3.05) is 26.2 Å². The molecule has 2 aliphatic heterocycles. The van der Waals surface area contributed by atoms with Crippen LogP contribution >= 0.6 is 35.6 Å². The molecule has 0 aliphatic carbocycles. The molecule has 1 N–H and O–H groups in total. The van der Waals surface area contributed by atoms with E-state index in [2.05, 4.69) is 5.32 Å². The molecule has 0 aromatic heterocycles. The first-order chi connectivity index (χ1) is 23.0. The molecule has 0 spiro atoms. The lowest BCUT2D eigenvalue weighted by atomic mass is 9.93. The largest absolute Gasteiger partial charge is 0.493 e. The molecule has 49 heavy (non-hydrogen) atoms. The number of alkyl halides is 3. The van der Waals surface area contributed by atoms with Gasteiger partial charge in [0.2, 0.25) is 5.91 Å². The van der Waals surface area contributed by atoms with Crippen molar-refractivity contribution in [1.82, 2.24) is 15.1 Å². The first-order valence-corrected chi connectivity index (χ1v) is 16.1. The van der Waals surface area contributed by atoms with Crippen LogP contribution in [0.5, 0.6) is 5.75 Å². The van der Waals surface area contributed by atoms with Crippen LogP contribution in [-0.2, 0) is 17.5 Å². The number of piperazine rings is 1. The van der Waals surface area contributed by atoms with Crippen molar-refractivity contribution >= 4 is 53.3 Å². The van der Waals surface area contributed by atoms with Crippen molar-refractivity contribution in [1.29, 1.82) is 0 Å². The Kier molecular flexibility index (Phi) is 11.2. The Morgan fingerprint density at radius 3 is 2.16 bits per heavy atom. The van der Waals surface area contributed by atoms with Crippen molar-refractivity contribution in [2.45, 2.75) is 31.7 Å². The van der Waals surface area contributed by atoms with Gasteiger partial charge in [-0.15, -0.1) is 12.4 Å². The van der Waals surface area contributed by atoms with Crippen molar-refractivity contribution in [3.63, 3.8) is 0 Å². The topological polar surface area (TPSA) is 74.2 Å². The highest BCUT2D eigenvalue weighted by Crippen LogP contribution is 2.46. The van der Waals surface area contributed by atoms with Gasteiger partial charge in [0.1, 0.15) is 17.6 Å². The van der Waals surface area contributed by atoms with E-state index in [1.54, 1.807) is 67.6 Å². The maximum atomic E-state index is 14.7. The molecule has 4 aromatic rings. The molecule has 4 aromatic carbocycles. The summed E-state index contributed by atoms with van der Waals surface area (Å²) in [6, 6.07) is 22.7. The number of amidine groups is 1. The average Bonchev–Trinajstić information content (AvgIpc) is 3.46. The predicted molar refractivity (Wildman–Crippen MR) is 186 cm³/mol. The van der Waals surface area contributed by atoms with Gasteiger partial charge in [-0.2, -0.15) is 13.2 Å². The molecule has 0 radical (unpaired) electrons. The molecule has 13 heteroatoms. The SMILES string of the molecule is CCOc1ccc(C(F)(F)F)cc1C1=NC(c2ccc(Cl)cc2)C(c2ccc(Cl)cc2)N1C(=O)c1ccc(CN2CCNC(=O)C2)cc1.Cl. The first kappa shape index (κ1) is 36.2. The van der Waals surface area contributed by atoms with E-state index in [4.69, 9.17) is 32.9 Å². The van der Waals surface area contributed by atoms with E-state index in [1.807, 2.05) is 17.0 Å². The van der Waals surface area contributed by atoms with E-state index in [1.165, 1.54) is 11.0 Å². The number of nitrogens with one attached hydrogen (secondary N) is 1. The van der Waals surface area contributed by atoms with E-state index >= 15 is 0 Å². The van der Waals surface area contributed by atoms with E-state index < -0.39 is 29.7 Å². The summed E-state index contributed by atoms with van der Waals surface area (Å²) in [7, 11) is 0. The van der Waals surface area contributed by atoms with Crippen molar-refractivity contribution < 1.29 is 27.5 Å². The van der Waals surface area contributed by atoms with Crippen LogP contribution in [-0.4, -0.2) is 53.7 Å². The molecule has 1 fully saturated rings. The zero-order chi connectivity index (χ0) is 34.0. The minimum Gasteiger partial charge on any atom is -0.493 e. The highest BCUT2D eigenvalue weighted by molar-refractivity contribution is 6.30. The van der Waals surface area contributed by atoms with Crippen molar-refractivity contribution in [3.05, 3.63) is 134 Å². The third kappa shape index (κ3) is 8.05. The molecule has 0 saturated carbocycles. The molecule has 1 saturated heterocycles. The van der Waals surface area contributed by atoms with E-state index in [9.17, 15) is 22.8 Å². The molecule has 2 heterocycles. The minimum atomic E-state index is -4.65. The monoisotopic (exact) mass is 730 g/mol. The molecule has 0 bridgehead atoms. The number of carbonyl (C=O) groups excluding carboxylic acids is 2. The van der Waals surface area contributed by atoms with Crippen molar-refractivity contribution in [2.24, 2.45) is 4.99 Å². The Balaban J connectivity index is 0.00000468. The quantitative estimate of drug-likeness (QED) is 0.199. The number of ether oxygens (including phenoxy) is 1. The summed E-state index contributed by atoms with van der Waals surface area (Å²) in [6.45, 7) is 3.97. The number of rotatable bonds is 8. The molecular weight excluding hydrogens is 700 g/mol. The number of benzene rings is 4. The third-order valence-electron chi connectivity index (χ3n) is 8.28. The fraction of sp³-hybridized carbons (Fsp3) is 0.250. The lowest BCUT2D eigenvalue weighted by Crippen LogP contribution is -2.47. The minimum absolute atomic E-state index is 0. The van der Waals surface area contributed by atoms with Crippen LogP contribution in [0.1, 0.15) is 57.2 Å². The second-order valence-electron chi connectivity index (χ2n) is 11.5. The second-order valence-corrected chi connectivity index (χ2v) is 12.4. The van der Waals surface area contributed by atoms with Gasteiger partial charge < -0.3 is 10.1 Å². The van der Waals surface area contributed by atoms with Gasteiger partial charge in [0.25, 0.3) is 5.91 Å². The van der Waals surface area contributed by atoms with Crippen LogP contribution < -0.4 is 10.1 Å². The standard InChI is InChI=1S/C36H31Cl2F3N4O3.ClH/c1-2-48-30-16-11-26(36(39,40)41)19-29(30)34-43-32(23-7-12-27(37)13-8-23)33(24-9-14-28(38)15-10-24)45(34)35(47)25-5-3-22(4-6-25)20-44-18-17-42-31(46)21-44;/h3-16,19,32-33H,2,17-18,20-21H2,1H3,(H,42,46);1H. The summed E-state index contributed by atoms with van der Waals surface area (Å²) in [4.78, 5) is 35.0. The molecule has 7 nitrogen and oxygen atoms in total. The van der Waals surface area contributed by atoms with Crippen LogP contribution in [0.15, 0.2) is 96.0 Å². The molecule has 2 atom stereocenters. The van der Waals surface area contributed by atoms with Gasteiger partial charge in [0.05, 0.1) is 30.3 Å². The molecule has 6 rings (SSSR count). The highest BCUT2D eigenvalue weighted by Gasteiger charge is 2.44. The van der Waals surface area contributed by atoms with Crippen LogP contribution in [0.2, 0.25) is 10.0 Å². The Morgan fingerprint density at radius 2 is 1.57 bits per heavy atom.